The Kier molecular flexibility index (Phi) is 4.00. The Morgan fingerprint density at radius 3 is 2.57 bits per heavy atom. The highest BCUT2D eigenvalue weighted by molar-refractivity contribution is 5.80. The zero-order valence-electron chi connectivity index (χ0n) is 16.4. The maximum Gasteiger partial charge on any atom is 0.226 e. The third-order valence-corrected chi connectivity index (χ3v) is 5.71. The summed E-state index contributed by atoms with van der Waals surface area (Å²) in [6.07, 6.45) is 11.5. The highest BCUT2D eigenvalue weighted by atomic mass is 15.4. The molecular formula is C22H20N8. The maximum atomic E-state index is 4.97. The molecular weight excluding hydrogens is 376 g/mol. The Hall–Kier alpha value is -3.68. The van der Waals surface area contributed by atoms with Gasteiger partial charge in [-0.1, -0.05) is 0 Å². The zero-order valence-corrected chi connectivity index (χ0v) is 16.4. The second-order valence-corrected chi connectivity index (χ2v) is 7.73. The van der Waals surface area contributed by atoms with Gasteiger partial charge < -0.3 is 9.47 Å². The lowest BCUT2D eigenvalue weighted by Crippen LogP contribution is -2.35. The summed E-state index contributed by atoms with van der Waals surface area (Å²) >= 11 is 0. The molecule has 0 amide bonds. The third-order valence-electron chi connectivity index (χ3n) is 5.71. The van der Waals surface area contributed by atoms with Crippen molar-refractivity contribution in [2.24, 2.45) is 0 Å². The minimum Gasteiger partial charge on any atom is -0.331 e. The first-order valence-corrected chi connectivity index (χ1v) is 10.2. The van der Waals surface area contributed by atoms with Gasteiger partial charge in [0.25, 0.3) is 0 Å². The number of nitrogens with zero attached hydrogens (tertiary/aromatic N) is 8. The molecule has 8 nitrogen and oxygen atoms in total. The molecule has 0 N–H and O–H groups in total. The van der Waals surface area contributed by atoms with Gasteiger partial charge in [-0.05, 0) is 42.7 Å². The molecule has 0 aromatic carbocycles. The molecule has 0 atom stereocenters. The molecule has 0 unspecified atom stereocenters. The van der Waals surface area contributed by atoms with Crippen molar-refractivity contribution >= 4 is 5.95 Å². The Labute approximate surface area is 173 Å². The lowest BCUT2D eigenvalue weighted by Gasteiger charge is -2.28. The molecule has 30 heavy (non-hydrogen) atoms. The Morgan fingerprint density at radius 2 is 1.77 bits per heavy atom. The third kappa shape index (κ3) is 3.01. The van der Waals surface area contributed by atoms with Crippen molar-refractivity contribution in [3.8, 4) is 22.4 Å². The summed E-state index contributed by atoms with van der Waals surface area (Å²) in [6.45, 7) is 2.37. The number of hydrogen-bond acceptors (Lipinski definition) is 7. The van der Waals surface area contributed by atoms with Crippen LogP contribution >= 0.6 is 0 Å². The van der Waals surface area contributed by atoms with Crippen LogP contribution in [0.25, 0.3) is 22.4 Å². The van der Waals surface area contributed by atoms with E-state index < -0.39 is 0 Å². The van der Waals surface area contributed by atoms with Crippen LogP contribution in [-0.2, 0) is 13.1 Å². The van der Waals surface area contributed by atoms with Crippen molar-refractivity contribution in [2.75, 3.05) is 11.4 Å². The molecule has 2 aliphatic rings. The molecule has 0 saturated heterocycles. The van der Waals surface area contributed by atoms with E-state index in [2.05, 4.69) is 29.6 Å². The van der Waals surface area contributed by atoms with E-state index in [9.17, 15) is 0 Å². The van der Waals surface area contributed by atoms with Crippen LogP contribution in [0.4, 0.5) is 5.95 Å². The number of anilines is 1. The van der Waals surface area contributed by atoms with Gasteiger partial charge in [0.1, 0.15) is 5.82 Å². The zero-order chi connectivity index (χ0) is 19.9. The predicted molar refractivity (Wildman–Crippen MR) is 112 cm³/mol. The van der Waals surface area contributed by atoms with Crippen LogP contribution in [0.1, 0.15) is 30.4 Å². The van der Waals surface area contributed by atoms with E-state index in [0.717, 1.165) is 47.1 Å². The predicted octanol–water partition coefficient (Wildman–Crippen LogP) is 3.09. The van der Waals surface area contributed by atoms with Crippen LogP contribution in [0.5, 0.6) is 0 Å². The van der Waals surface area contributed by atoms with Gasteiger partial charge in [0, 0.05) is 61.1 Å². The standard InChI is InChI=1S/C22H20N8/c1-2-17(12-24-7-1)20-18(15-5-8-23-9-6-15)13-25-22(26-20)29-10-11-30-19(14-29)27-28-21(30)16-3-4-16/h1-2,5-9,12-13,16H,3-4,10-11,14H2. The van der Waals surface area contributed by atoms with E-state index >= 15 is 0 Å². The summed E-state index contributed by atoms with van der Waals surface area (Å²) in [6, 6.07) is 7.90. The van der Waals surface area contributed by atoms with Gasteiger partial charge in [0.15, 0.2) is 5.82 Å². The normalized spacial score (nSPS) is 15.8. The molecule has 1 aliphatic carbocycles. The van der Waals surface area contributed by atoms with Gasteiger partial charge in [-0.15, -0.1) is 10.2 Å². The average Bonchev–Trinajstić information content (AvgIpc) is 3.58. The monoisotopic (exact) mass is 396 g/mol. The lowest BCUT2D eigenvalue weighted by atomic mass is 10.0. The minimum atomic E-state index is 0.603. The Morgan fingerprint density at radius 1 is 0.867 bits per heavy atom. The van der Waals surface area contributed by atoms with Crippen LogP contribution < -0.4 is 4.90 Å². The molecule has 0 radical (unpaired) electrons. The van der Waals surface area contributed by atoms with Crippen LogP contribution in [-0.4, -0.2) is 41.2 Å². The van der Waals surface area contributed by atoms with Crippen molar-refractivity contribution < 1.29 is 0 Å². The van der Waals surface area contributed by atoms with Crippen LogP contribution in [0.15, 0.2) is 55.2 Å². The molecule has 5 heterocycles. The molecule has 0 bridgehead atoms. The van der Waals surface area contributed by atoms with E-state index in [1.165, 1.54) is 12.8 Å². The van der Waals surface area contributed by atoms with Crippen LogP contribution in [0.3, 0.4) is 0 Å². The second-order valence-electron chi connectivity index (χ2n) is 7.73. The molecule has 6 rings (SSSR count). The highest BCUT2D eigenvalue weighted by Gasteiger charge is 2.32. The number of hydrogen-bond donors (Lipinski definition) is 0. The van der Waals surface area contributed by atoms with Crippen molar-refractivity contribution in [3.05, 3.63) is 66.9 Å². The molecule has 4 aromatic heterocycles. The number of aromatic nitrogens is 7. The molecule has 1 fully saturated rings. The fraction of sp³-hybridized carbons (Fsp3) is 0.273. The first kappa shape index (κ1) is 17.2. The quantitative estimate of drug-likeness (QED) is 0.524. The van der Waals surface area contributed by atoms with E-state index in [0.29, 0.717) is 18.4 Å². The molecule has 1 saturated carbocycles. The van der Waals surface area contributed by atoms with Crippen molar-refractivity contribution in [2.45, 2.75) is 31.8 Å². The van der Waals surface area contributed by atoms with Gasteiger partial charge in [0.2, 0.25) is 5.95 Å². The maximum absolute atomic E-state index is 4.97. The molecule has 0 spiro atoms. The Balaban J connectivity index is 1.38. The van der Waals surface area contributed by atoms with Gasteiger partial charge in [-0.25, -0.2) is 9.97 Å². The SMILES string of the molecule is c1cncc(-c2nc(N3CCn4c(nnc4C4CC4)C3)ncc2-c2ccncc2)c1. The van der Waals surface area contributed by atoms with Gasteiger partial charge in [-0.3, -0.25) is 9.97 Å². The van der Waals surface area contributed by atoms with Crippen LogP contribution in [0, 0.1) is 0 Å². The summed E-state index contributed by atoms with van der Waals surface area (Å²) in [5.41, 5.74) is 3.82. The summed E-state index contributed by atoms with van der Waals surface area (Å²) in [5.74, 6) is 3.45. The van der Waals surface area contributed by atoms with E-state index in [4.69, 9.17) is 9.97 Å². The largest absolute Gasteiger partial charge is 0.331 e. The smallest absolute Gasteiger partial charge is 0.226 e. The van der Waals surface area contributed by atoms with Crippen molar-refractivity contribution in [1.29, 1.82) is 0 Å². The fourth-order valence-corrected chi connectivity index (χ4v) is 3.98. The number of fused-ring (bicyclic) bond motifs is 1. The van der Waals surface area contributed by atoms with E-state index in [1.807, 2.05) is 36.7 Å². The number of pyridine rings is 2. The van der Waals surface area contributed by atoms with Crippen molar-refractivity contribution in [1.82, 2.24) is 34.7 Å². The van der Waals surface area contributed by atoms with Crippen molar-refractivity contribution in [3.63, 3.8) is 0 Å². The average molecular weight is 396 g/mol. The summed E-state index contributed by atoms with van der Waals surface area (Å²) in [5, 5.41) is 8.88. The summed E-state index contributed by atoms with van der Waals surface area (Å²) < 4.78 is 2.28. The lowest BCUT2D eigenvalue weighted by molar-refractivity contribution is 0.536. The van der Waals surface area contributed by atoms with E-state index in [-0.39, 0.29) is 0 Å². The fourth-order valence-electron chi connectivity index (χ4n) is 3.98. The topological polar surface area (TPSA) is 85.5 Å². The molecule has 1 aliphatic heterocycles. The van der Waals surface area contributed by atoms with Crippen LogP contribution in [0.2, 0.25) is 0 Å². The summed E-state index contributed by atoms with van der Waals surface area (Å²) in [7, 11) is 0. The number of rotatable bonds is 4. The minimum absolute atomic E-state index is 0.603. The van der Waals surface area contributed by atoms with Gasteiger partial charge in [-0.2, -0.15) is 0 Å². The van der Waals surface area contributed by atoms with Gasteiger partial charge in [0.05, 0.1) is 12.2 Å². The first-order valence-electron chi connectivity index (χ1n) is 10.2. The highest BCUT2D eigenvalue weighted by Crippen LogP contribution is 2.40. The first-order chi connectivity index (χ1) is 14.9. The van der Waals surface area contributed by atoms with Gasteiger partial charge >= 0.3 is 0 Å². The summed E-state index contributed by atoms with van der Waals surface area (Å²) in [4.78, 5) is 20.3. The van der Waals surface area contributed by atoms with E-state index in [1.54, 1.807) is 18.6 Å². The molecule has 8 heteroatoms. The molecule has 4 aromatic rings. The second kappa shape index (κ2) is 6.98. The molecule has 148 valence electrons. The Bertz CT molecular complexity index is 1180.